The van der Waals surface area contributed by atoms with E-state index >= 15 is 0 Å². The Kier molecular flexibility index (Phi) is 7.16. The number of hydrogen-bond acceptors (Lipinski definition) is 5. The number of carbonyl (C=O) groups excluding carboxylic acids is 2. The van der Waals surface area contributed by atoms with E-state index < -0.39 is 0 Å². The van der Waals surface area contributed by atoms with Crippen molar-refractivity contribution in [2.75, 3.05) is 26.8 Å². The van der Waals surface area contributed by atoms with Gasteiger partial charge in [0.05, 0.1) is 19.3 Å². The molecule has 25 heavy (non-hydrogen) atoms. The zero-order chi connectivity index (χ0) is 18.1. The smallest absolute Gasteiger partial charge is 0.239 e. The lowest BCUT2D eigenvalue weighted by molar-refractivity contribution is -0.126. The first-order valence-electron chi connectivity index (χ1n) is 8.12. The number of aromatic nitrogens is 1. The number of aryl methyl sites for hydroxylation is 2. The Morgan fingerprint density at radius 1 is 1.16 bits per heavy atom. The number of methoxy groups -OCH3 is 1. The molecule has 0 aliphatic carbocycles. The molecule has 0 saturated carbocycles. The van der Waals surface area contributed by atoms with Gasteiger partial charge in [-0.3, -0.25) is 9.59 Å². The van der Waals surface area contributed by atoms with Crippen LogP contribution in [0.2, 0.25) is 0 Å². The number of benzene rings is 1. The number of rotatable bonds is 9. The third-order valence-electron chi connectivity index (χ3n) is 3.53. The van der Waals surface area contributed by atoms with Crippen molar-refractivity contribution < 1.29 is 18.7 Å². The molecule has 0 fully saturated rings. The number of nitrogens with one attached hydrogen (secondary N) is 2. The summed E-state index contributed by atoms with van der Waals surface area (Å²) in [6, 6.07) is 7.94. The number of oxazole rings is 1. The van der Waals surface area contributed by atoms with E-state index in [2.05, 4.69) is 15.6 Å². The molecule has 0 radical (unpaired) electrons. The van der Waals surface area contributed by atoms with Gasteiger partial charge in [-0.05, 0) is 6.92 Å². The summed E-state index contributed by atoms with van der Waals surface area (Å²) in [5.74, 6) is 0.698. The van der Waals surface area contributed by atoms with Gasteiger partial charge in [0, 0.05) is 32.1 Å². The Hall–Kier alpha value is -2.67. The molecular formula is C18H23N3O4. The Morgan fingerprint density at radius 3 is 2.64 bits per heavy atom. The number of hydrogen-bond donors (Lipinski definition) is 2. The molecule has 134 valence electrons. The van der Waals surface area contributed by atoms with Crippen molar-refractivity contribution in [2.24, 2.45) is 0 Å². The van der Waals surface area contributed by atoms with Crippen LogP contribution < -0.4 is 10.6 Å². The van der Waals surface area contributed by atoms with Crippen molar-refractivity contribution in [1.29, 1.82) is 0 Å². The number of nitrogens with zero attached hydrogens (tertiary/aromatic N) is 1. The highest BCUT2D eigenvalue weighted by Crippen LogP contribution is 2.21. The lowest BCUT2D eigenvalue weighted by Crippen LogP contribution is -2.38. The SMILES string of the molecule is COCCNC(=O)CNC(=O)CCc1ncc(-c2ccc(C)cc2)o1. The summed E-state index contributed by atoms with van der Waals surface area (Å²) in [7, 11) is 1.56. The molecule has 1 aromatic heterocycles. The zero-order valence-corrected chi connectivity index (χ0v) is 14.5. The van der Waals surface area contributed by atoms with Gasteiger partial charge in [0.2, 0.25) is 11.8 Å². The highest BCUT2D eigenvalue weighted by atomic mass is 16.5. The van der Waals surface area contributed by atoms with E-state index in [1.807, 2.05) is 31.2 Å². The van der Waals surface area contributed by atoms with Gasteiger partial charge in [-0.15, -0.1) is 0 Å². The number of ether oxygens (including phenoxy) is 1. The normalized spacial score (nSPS) is 10.5. The highest BCUT2D eigenvalue weighted by molar-refractivity contribution is 5.84. The molecule has 0 atom stereocenters. The van der Waals surface area contributed by atoms with Crippen LogP contribution in [0.3, 0.4) is 0 Å². The van der Waals surface area contributed by atoms with Gasteiger partial charge in [-0.1, -0.05) is 29.8 Å². The van der Waals surface area contributed by atoms with Crippen molar-refractivity contribution >= 4 is 11.8 Å². The molecule has 2 amide bonds. The van der Waals surface area contributed by atoms with E-state index in [1.54, 1.807) is 13.3 Å². The standard InChI is InChI=1S/C18H23N3O4/c1-13-3-5-14(6-4-13)15-11-21-18(25-15)8-7-16(22)20-12-17(23)19-9-10-24-2/h3-6,11H,7-10,12H2,1-2H3,(H,19,23)(H,20,22). The van der Waals surface area contributed by atoms with Crippen molar-refractivity contribution in [3.8, 4) is 11.3 Å². The fraction of sp³-hybridized carbons (Fsp3) is 0.389. The molecule has 0 spiro atoms. The molecule has 7 nitrogen and oxygen atoms in total. The molecule has 2 N–H and O–H groups in total. The van der Waals surface area contributed by atoms with Crippen LogP contribution in [0.25, 0.3) is 11.3 Å². The van der Waals surface area contributed by atoms with E-state index in [1.165, 1.54) is 5.56 Å². The average Bonchev–Trinajstić information content (AvgIpc) is 3.08. The summed E-state index contributed by atoms with van der Waals surface area (Å²) in [5, 5.41) is 5.19. The van der Waals surface area contributed by atoms with E-state index in [0.29, 0.717) is 31.2 Å². The molecule has 1 heterocycles. The second kappa shape index (κ2) is 9.58. The largest absolute Gasteiger partial charge is 0.441 e. The Labute approximate surface area is 146 Å². The van der Waals surface area contributed by atoms with Gasteiger partial charge < -0.3 is 19.8 Å². The van der Waals surface area contributed by atoms with E-state index in [-0.39, 0.29) is 24.8 Å². The minimum absolute atomic E-state index is 0.0528. The number of carbonyl (C=O) groups is 2. The van der Waals surface area contributed by atoms with Crippen LogP contribution in [0.1, 0.15) is 17.9 Å². The second-order valence-corrected chi connectivity index (χ2v) is 5.60. The van der Waals surface area contributed by atoms with Crippen molar-refractivity contribution in [3.63, 3.8) is 0 Å². The molecule has 0 bridgehead atoms. The Bertz CT molecular complexity index is 695. The van der Waals surface area contributed by atoms with Crippen molar-refractivity contribution in [3.05, 3.63) is 41.9 Å². The zero-order valence-electron chi connectivity index (χ0n) is 14.5. The van der Waals surface area contributed by atoms with Gasteiger partial charge in [0.15, 0.2) is 11.7 Å². The fourth-order valence-electron chi connectivity index (χ4n) is 2.12. The average molecular weight is 345 g/mol. The molecule has 0 aliphatic rings. The molecule has 2 rings (SSSR count). The van der Waals surface area contributed by atoms with Crippen LogP contribution in [0.15, 0.2) is 34.9 Å². The Morgan fingerprint density at radius 2 is 1.92 bits per heavy atom. The van der Waals surface area contributed by atoms with Crippen LogP contribution in [0.4, 0.5) is 0 Å². The van der Waals surface area contributed by atoms with Gasteiger partial charge >= 0.3 is 0 Å². The summed E-state index contributed by atoms with van der Waals surface area (Å²) in [6.07, 6.45) is 2.24. The summed E-state index contributed by atoms with van der Waals surface area (Å²) < 4.78 is 10.5. The maximum atomic E-state index is 11.8. The molecule has 7 heteroatoms. The molecule has 0 unspecified atom stereocenters. The van der Waals surface area contributed by atoms with Crippen LogP contribution in [0.5, 0.6) is 0 Å². The molecule has 0 saturated heterocycles. The van der Waals surface area contributed by atoms with Gasteiger partial charge in [-0.25, -0.2) is 4.98 Å². The number of amides is 2. The quantitative estimate of drug-likeness (QED) is 0.671. The molecule has 0 aliphatic heterocycles. The minimum Gasteiger partial charge on any atom is -0.441 e. The van der Waals surface area contributed by atoms with Crippen molar-refractivity contribution in [1.82, 2.24) is 15.6 Å². The summed E-state index contributed by atoms with van der Waals surface area (Å²) in [6.45, 7) is 2.82. The van der Waals surface area contributed by atoms with Crippen molar-refractivity contribution in [2.45, 2.75) is 19.8 Å². The van der Waals surface area contributed by atoms with Crippen LogP contribution >= 0.6 is 0 Å². The summed E-state index contributed by atoms with van der Waals surface area (Å²) in [4.78, 5) is 27.4. The van der Waals surface area contributed by atoms with Crippen LogP contribution in [0, 0.1) is 6.92 Å². The first-order valence-corrected chi connectivity index (χ1v) is 8.12. The van der Waals surface area contributed by atoms with Gasteiger partial charge in [0.25, 0.3) is 0 Å². The second-order valence-electron chi connectivity index (χ2n) is 5.60. The molecule has 2 aromatic rings. The Balaban J connectivity index is 1.73. The van der Waals surface area contributed by atoms with E-state index in [4.69, 9.17) is 9.15 Å². The van der Waals surface area contributed by atoms with Crippen LogP contribution in [-0.4, -0.2) is 43.6 Å². The first kappa shape index (κ1) is 18.7. The monoisotopic (exact) mass is 345 g/mol. The topological polar surface area (TPSA) is 93.5 Å². The molecular weight excluding hydrogens is 322 g/mol. The third-order valence-corrected chi connectivity index (χ3v) is 3.53. The maximum absolute atomic E-state index is 11.8. The molecule has 1 aromatic carbocycles. The maximum Gasteiger partial charge on any atom is 0.239 e. The first-order chi connectivity index (χ1) is 12.1. The van der Waals surface area contributed by atoms with E-state index in [0.717, 1.165) is 5.56 Å². The third kappa shape index (κ3) is 6.39. The lowest BCUT2D eigenvalue weighted by atomic mass is 10.1. The summed E-state index contributed by atoms with van der Waals surface area (Å²) in [5.41, 5.74) is 2.12. The van der Waals surface area contributed by atoms with Crippen LogP contribution in [-0.2, 0) is 20.7 Å². The highest BCUT2D eigenvalue weighted by Gasteiger charge is 2.10. The minimum atomic E-state index is -0.247. The predicted octanol–water partition coefficient (Wildman–Crippen LogP) is 1.46. The predicted molar refractivity (Wildman–Crippen MR) is 92.9 cm³/mol. The van der Waals surface area contributed by atoms with Gasteiger partial charge in [0.1, 0.15) is 0 Å². The van der Waals surface area contributed by atoms with Gasteiger partial charge in [-0.2, -0.15) is 0 Å². The summed E-state index contributed by atoms with van der Waals surface area (Å²) >= 11 is 0. The lowest BCUT2D eigenvalue weighted by Gasteiger charge is -2.05. The van der Waals surface area contributed by atoms with E-state index in [9.17, 15) is 9.59 Å². The fourth-order valence-corrected chi connectivity index (χ4v) is 2.12.